The number of hydrogen-bond donors (Lipinski definition) is 0. The molecular weight excluding hydrogens is 290 g/mol. The molecule has 0 aliphatic carbocycles. The van der Waals surface area contributed by atoms with E-state index in [0.29, 0.717) is 16.7 Å². The smallest absolute Gasteiger partial charge is 0.268 e. The van der Waals surface area contributed by atoms with Crippen molar-refractivity contribution in [3.8, 4) is 11.5 Å². The fourth-order valence-electron chi connectivity index (χ4n) is 2.31. The van der Waals surface area contributed by atoms with Crippen molar-refractivity contribution in [3.63, 3.8) is 0 Å². The van der Waals surface area contributed by atoms with Crippen LogP contribution in [0, 0.1) is 10.1 Å². The molecule has 0 radical (unpaired) electrons. The summed E-state index contributed by atoms with van der Waals surface area (Å²) < 4.78 is 4.43. The Bertz CT molecular complexity index is 1040. The highest BCUT2D eigenvalue weighted by Crippen LogP contribution is 2.26. The fourth-order valence-corrected chi connectivity index (χ4v) is 2.31. The molecule has 110 valence electrons. The zero-order valence-electron chi connectivity index (χ0n) is 11.6. The van der Waals surface area contributed by atoms with E-state index in [1.165, 1.54) is 21.7 Å². The summed E-state index contributed by atoms with van der Waals surface area (Å²) in [6.07, 6.45) is 4.44. The van der Waals surface area contributed by atoms with Gasteiger partial charge in [-0.1, -0.05) is 0 Å². The average Bonchev–Trinajstić information content (AvgIpc) is 3.14. The predicted octanol–water partition coefficient (Wildman–Crippen LogP) is 0.320. The van der Waals surface area contributed by atoms with Crippen molar-refractivity contribution >= 4 is 22.4 Å². The molecule has 4 rings (SSSR count). The highest BCUT2D eigenvalue weighted by molar-refractivity contribution is 5.89. The molecule has 0 fully saturated rings. The monoisotopic (exact) mass is 299 g/mol. The van der Waals surface area contributed by atoms with Crippen molar-refractivity contribution < 1.29 is 4.92 Å². The second-order valence-electron chi connectivity index (χ2n) is 4.75. The van der Waals surface area contributed by atoms with Crippen LogP contribution in [-0.4, -0.2) is 44.1 Å². The van der Waals surface area contributed by atoms with Gasteiger partial charge in [-0.2, -0.15) is 10.2 Å². The zero-order chi connectivity index (χ0) is 15.4. The third kappa shape index (κ3) is 1.58. The van der Waals surface area contributed by atoms with Crippen LogP contribution in [0.5, 0.6) is 0 Å². The van der Waals surface area contributed by atoms with Gasteiger partial charge in [0.05, 0.1) is 16.5 Å². The van der Waals surface area contributed by atoms with Gasteiger partial charge in [0.15, 0.2) is 11.3 Å². The molecule has 0 saturated carbocycles. The number of rotatable bonds is 2. The summed E-state index contributed by atoms with van der Waals surface area (Å²) in [6.45, 7) is 0. The van der Waals surface area contributed by atoms with Gasteiger partial charge in [-0.05, 0) is 0 Å². The third-order valence-electron chi connectivity index (χ3n) is 3.29. The molecule has 0 bridgehead atoms. The summed E-state index contributed by atoms with van der Waals surface area (Å²) in [4.78, 5) is 19.2. The molecule has 0 aliphatic heterocycles. The summed E-state index contributed by atoms with van der Waals surface area (Å²) in [6, 6.07) is 0. The van der Waals surface area contributed by atoms with Crippen LogP contribution in [0.1, 0.15) is 0 Å². The first-order valence-electron chi connectivity index (χ1n) is 6.26. The largest absolute Gasteiger partial charge is 0.318 e. The molecule has 0 N–H and O–H groups in total. The molecule has 0 aromatic carbocycles. The second-order valence-corrected chi connectivity index (χ2v) is 4.75. The molecule has 0 unspecified atom stereocenters. The predicted molar refractivity (Wildman–Crippen MR) is 73.9 cm³/mol. The summed E-state index contributed by atoms with van der Waals surface area (Å²) in [5.41, 5.74) is 1.15. The maximum absolute atomic E-state index is 11.1. The first-order valence-corrected chi connectivity index (χ1v) is 6.26. The van der Waals surface area contributed by atoms with E-state index in [-0.39, 0.29) is 17.2 Å². The molecular formula is C11H9N9O2. The Morgan fingerprint density at radius 1 is 1.23 bits per heavy atom. The molecule has 0 aliphatic rings. The van der Waals surface area contributed by atoms with Gasteiger partial charge in [-0.15, -0.1) is 5.10 Å². The first-order chi connectivity index (χ1) is 10.5. The van der Waals surface area contributed by atoms with E-state index >= 15 is 0 Å². The maximum atomic E-state index is 11.1. The number of nitro groups is 1. The lowest BCUT2D eigenvalue weighted by Crippen LogP contribution is -1.95. The zero-order valence-corrected chi connectivity index (χ0v) is 11.6. The topological polar surface area (TPSA) is 122 Å². The molecule has 11 heteroatoms. The van der Waals surface area contributed by atoms with Crippen LogP contribution in [0.2, 0.25) is 0 Å². The second kappa shape index (κ2) is 4.07. The van der Waals surface area contributed by atoms with Gasteiger partial charge in [0, 0.05) is 14.1 Å². The van der Waals surface area contributed by atoms with Crippen LogP contribution in [0.4, 0.5) is 5.69 Å². The van der Waals surface area contributed by atoms with Gasteiger partial charge in [-0.25, -0.2) is 14.5 Å². The number of aryl methyl sites for hydroxylation is 2. The average molecular weight is 299 g/mol. The fraction of sp³-hybridized carbons (Fsp3) is 0.182. The van der Waals surface area contributed by atoms with Gasteiger partial charge in [0.25, 0.3) is 0 Å². The van der Waals surface area contributed by atoms with Gasteiger partial charge in [-0.3, -0.25) is 19.5 Å². The Labute approximate surface area is 122 Å². The van der Waals surface area contributed by atoms with Crippen LogP contribution in [0.3, 0.4) is 0 Å². The van der Waals surface area contributed by atoms with Crippen molar-refractivity contribution in [3.05, 3.63) is 28.8 Å². The Morgan fingerprint density at radius 2 is 2.05 bits per heavy atom. The summed E-state index contributed by atoms with van der Waals surface area (Å²) in [5.74, 6) is 0.172. The van der Waals surface area contributed by atoms with Gasteiger partial charge in [0.1, 0.15) is 12.5 Å². The lowest BCUT2D eigenvalue weighted by Gasteiger charge is -1.93. The van der Waals surface area contributed by atoms with E-state index in [4.69, 9.17) is 0 Å². The Hall–Kier alpha value is -3.37. The van der Waals surface area contributed by atoms with Crippen molar-refractivity contribution in [1.82, 2.24) is 39.1 Å². The first kappa shape index (κ1) is 12.4. The van der Waals surface area contributed by atoms with Crippen molar-refractivity contribution in [1.29, 1.82) is 0 Å². The lowest BCUT2D eigenvalue weighted by molar-refractivity contribution is -0.384. The number of nitrogens with zero attached hydrogens (tertiary/aromatic N) is 9. The van der Waals surface area contributed by atoms with Gasteiger partial charge in [0.2, 0.25) is 11.5 Å². The number of fused-ring (bicyclic) bond motifs is 3. The lowest BCUT2D eigenvalue weighted by atomic mass is 10.3. The molecule has 22 heavy (non-hydrogen) atoms. The molecule has 0 spiro atoms. The van der Waals surface area contributed by atoms with Crippen LogP contribution >= 0.6 is 0 Å². The van der Waals surface area contributed by atoms with Crippen LogP contribution in [-0.2, 0) is 14.1 Å². The van der Waals surface area contributed by atoms with Crippen molar-refractivity contribution in [2.75, 3.05) is 0 Å². The molecule has 0 saturated heterocycles. The van der Waals surface area contributed by atoms with E-state index < -0.39 is 4.92 Å². The van der Waals surface area contributed by atoms with Gasteiger partial charge >= 0.3 is 5.69 Å². The van der Waals surface area contributed by atoms with E-state index in [9.17, 15) is 10.1 Å². The van der Waals surface area contributed by atoms with Crippen LogP contribution in [0.25, 0.3) is 28.2 Å². The Morgan fingerprint density at radius 3 is 2.82 bits per heavy atom. The van der Waals surface area contributed by atoms with Crippen molar-refractivity contribution in [2.45, 2.75) is 0 Å². The summed E-state index contributed by atoms with van der Waals surface area (Å²) >= 11 is 0. The minimum atomic E-state index is -0.508. The Kier molecular flexibility index (Phi) is 2.29. The van der Waals surface area contributed by atoms with E-state index in [1.807, 2.05) is 0 Å². The van der Waals surface area contributed by atoms with Crippen LogP contribution in [0.15, 0.2) is 18.7 Å². The summed E-state index contributed by atoms with van der Waals surface area (Å²) in [7, 11) is 3.37. The highest BCUT2D eigenvalue weighted by Gasteiger charge is 2.24. The standard InChI is InChI=1S/C11H9N9O2/c1-17-4-7(20(21)22)8(15-17)9-14-11-6-3-13-18(2)10(6)12-5-19(11)16-9/h3-5H,1-2H3. The minimum Gasteiger partial charge on any atom is -0.268 e. The minimum absolute atomic E-state index is 0.119. The van der Waals surface area contributed by atoms with E-state index in [2.05, 4.69) is 25.3 Å². The van der Waals surface area contributed by atoms with E-state index in [1.54, 1.807) is 25.0 Å². The number of hydrogen-bond acceptors (Lipinski definition) is 7. The molecule has 4 aromatic heterocycles. The normalized spacial score (nSPS) is 11.5. The highest BCUT2D eigenvalue weighted by atomic mass is 16.6. The number of aromatic nitrogens is 8. The molecule has 0 atom stereocenters. The van der Waals surface area contributed by atoms with Gasteiger partial charge < -0.3 is 0 Å². The Balaban J connectivity index is 2.01. The third-order valence-corrected chi connectivity index (χ3v) is 3.29. The SMILES string of the molecule is Cn1cc([N+](=O)[O-])c(-c2nc3c4cnn(C)c4ncn3n2)n1. The summed E-state index contributed by atoms with van der Waals surface area (Å²) in [5, 5.41) is 24.2. The molecule has 4 heterocycles. The molecule has 4 aromatic rings. The molecule has 11 nitrogen and oxygen atoms in total. The maximum Gasteiger partial charge on any atom is 0.318 e. The molecule has 0 amide bonds. The van der Waals surface area contributed by atoms with E-state index in [0.717, 1.165) is 0 Å². The van der Waals surface area contributed by atoms with Crippen LogP contribution < -0.4 is 0 Å². The quantitative estimate of drug-likeness (QED) is 0.386. The van der Waals surface area contributed by atoms with Crippen molar-refractivity contribution in [2.24, 2.45) is 14.1 Å².